The average Bonchev–Trinajstić information content (AvgIpc) is 2.48. The van der Waals surface area contributed by atoms with Gasteiger partial charge in [0, 0.05) is 24.7 Å². The summed E-state index contributed by atoms with van der Waals surface area (Å²) < 4.78 is 0. The van der Waals surface area contributed by atoms with Crippen molar-refractivity contribution in [1.82, 2.24) is 9.88 Å². The zero-order valence-corrected chi connectivity index (χ0v) is 12.3. The van der Waals surface area contributed by atoms with Crippen LogP contribution in [0.1, 0.15) is 37.0 Å². The van der Waals surface area contributed by atoms with Crippen LogP contribution in [0.15, 0.2) is 30.5 Å². The molecule has 20 heavy (non-hydrogen) atoms. The van der Waals surface area contributed by atoms with E-state index in [-0.39, 0.29) is 11.9 Å². The van der Waals surface area contributed by atoms with E-state index in [1.807, 2.05) is 31.3 Å². The Labute approximate surface area is 119 Å². The molecule has 4 nitrogen and oxygen atoms in total. The minimum absolute atomic E-state index is 0.00222. The van der Waals surface area contributed by atoms with E-state index >= 15 is 0 Å². The fraction of sp³-hybridized carbons (Fsp3) is 0.375. The summed E-state index contributed by atoms with van der Waals surface area (Å²) in [5.74, 6) is 0.463. The maximum atomic E-state index is 12.7. The molecule has 0 saturated carbocycles. The molecule has 0 fully saturated rings. The van der Waals surface area contributed by atoms with E-state index in [0.29, 0.717) is 11.4 Å². The van der Waals surface area contributed by atoms with Gasteiger partial charge in [0.15, 0.2) is 0 Å². The molecule has 0 unspecified atom stereocenters. The molecule has 0 bridgehead atoms. The van der Waals surface area contributed by atoms with Gasteiger partial charge >= 0.3 is 0 Å². The Hall–Kier alpha value is -2.10. The second kappa shape index (κ2) is 5.90. The molecule has 1 aromatic heterocycles. The summed E-state index contributed by atoms with van der Waals surface area (Å²) in [7, 11) is 1.85. The summed E-state index contributed by atoms with van der Waals surface area (Å²) in [5, 5.41) is 1.69. The third-order valence-corrected chi connectivity index (χ3v) is 3.87. The number of nitrogens with two attached hydrogens (primary N) is 1. The number of carbonyl (C=O) groups is 1. The third kappa shape index (κ3) is 2.46. The van der Waals surface area contributed by atoms with Crippen LogP contribution in [0.3, 0.4) is 0 Å². The largest absolute Gasteiger partial charge is 0.383 e. The van der Waals surface area contributed by atoms with Crippen LogP contribution >= 0.6 is 0 Å². The zero-order chi connectivity index (χ0) is 14.7. The molecule has 0 aliphatic heterocycles. The van der Waals surface area contributed by atoms with Gasteiger partial charge in [-0.2, -0.15) is 0 Å². The average molecular weight is 271 g/mol. The number of hydrogen-bond acceptors (Lipinski definition) is 3. The number of amides is 1. The smallest absolute Gasteiger partial charge is 0.256 e. The Bertz CT molecular complexity index is 620. The number of anilines is 1. The highest BCUT2D eigenvalue weighted by molar-refractivity contribution is 6.08. The predicted octanol–water partition coefficient (Wildman–Crippen LogP) is 3.08. The van der Waals surface area contributed by atoms with Crippen molar-refractivity contribution in [3.05, 3.63) is 36.0 Å². The highest BCUT2D eigenvalue weighted by atomic mass is 16.2. The highest BCUT2D eigenvalue weighted by Gasteiger charge is 2.20. The molecule has 2 aromatic rings. The molecule has 106 valence electrons. The lowest BCUT2D eigenvalue weighted by Gasteiger charge is -2.26. The number of benzene rings is 1. The molecule has 0 aliphatic carbocycles. The maximum Gasteiger partial charge on any atom is 0.256 e. The summed E-state index contributed by atoms with van der Waals surface area (Å²) in [5.41, 5.74) is 6.49. The molecule has 1 aromatic carbocycles. The maximum absolute atomic E-state index is 12.7. The number of pyridine rings is 1. The van der Waals surface area contributed by atoms with Crippen LogP contribution in [-0.4, -0.2) is 28.9 Å². The highest BCUT2D eigenvalue weighted by Crippen LogP contribution is 2.24. The van der Waals surface area contributed by atoms with Crippen LogP contribution in [0.4, 0.5) is 5.82 Å². The van der Waals surface area contributed by atoms with Crippen LogP contribution in [0.2, 0.25) is 0 Å². The van der Waals surface area contributed by atoms with Gasteiger partial charge in [-0.05, 0) is 18.2 Å². The van der Waals surface area contributed by atoms with Crippen molar-refractivity contribution in [2.75, 3.05) is 12.8 Å². The van der Waals surface area contributed by atoms with Gasteiger partial charge in [-0.25, -0.2) is 4.98 Å². The molecular weight excluding hydrogens is 250 g/mol. The monoisotopic (exact) mass is 271 g/mol. The van der Waals surface area contributed by atoms with E-state index < -0.39 is 0 Å². The van der Waals surface area contributed by atoms with Crippen LogP contribution in [0.5, 0.6) is 0 Å². The van der Waals surface area contributed by atoms with E-state index in [4.69, 9.17) is 5.73 Å². The van der Waals surface area contributed by atoms with Gasteiger partial charge in [0.05, 0.1) is 5.56 Å². The lowest BCUT2D eigenvalue weighted by molar-refractivity contribution is 0.0725. The summed E-state index contributed by atoms with van der Waals surface area (Å²) in [6, 6.07) is 7.88. The zero-order valence-electron chi connectivity index (χ0n) is 12.3. The molecule has 0 saturated heterocycles. The van der Waals surface area contributed by atoms with Crippen molar-refractivity contribution < 1.29 is 4.79 Å². The summed E-state index contributed by atoms with van der Waals surface area (Å²) in [4.78, 5) is 18.6. The molecule has 4 heteroatoms. The van der Waals surface area contributed by atoms with Crippen molar-refractivity contribution >= 4 is 22.5 Å². The van der Waals surface area contributed by atoms with E-state index in [2.05, 4.69) is 18.8 Å². The van der Waals surface area contributed by atoms with Gasteiger partial charge < -0.3 is 10.6 Å². The Morgan fingerprint density at radius 3 is 2.45 bits per heavy atom. The number of nitrogens with zero attached hydrogens (tertiary/aromatic N) is 2. The first-order valence-electron chi connectivity index (χ1n) is 7.00. The number of aromatic nitrogens is 1. The molecule has 1 amide bonds. The standard InChI is InChI=1S/C16H21N3O/c1-4-11(5-2)19(3)16(20)14-10-18-15(17)13-9-7-6-8-12(13)14/h6-11H,4-5H2,1-3H3,(H2,17,18). The van der Waals surface area contributed by atoms with Gasteiger partial charge in [-0.1, -0.05) is 38.1 Å². The Kier molecular flexibility index (Phi) is 4.23. The second-order valence-corrected chi connectivity index (χ2v) is 4.99. The van der Waals surface area contributed by atoms with Crippen LogP contribution in [0, 0.1) is 0 Å². The Morgan fingerprint density at radius 2 is 1.85 bits per heavy atom. The first-order chi connectivity index (χ1) is 9.60. The normalized spacial score (nSPS) is 11.0. The molecule has 1 heterocycles. The molecule has 2 N–H and O–H groups in total. The van der Waals surface area contributed by atoms with E-state index in [0.717, 1.165) is 23.6 Å². The minimum Gasteiger partial charge on any atom is -0.383 e. The van der Waals surface area contributed by atoms with Gasteiger partial charge in [0.2, 0.25) is 0 Å². The SMILES string of the molecule is CCC(CC)N(C)C(=O)c1cnc(N)c2ccccc12. The lowest BCUT2D eigenvalue weighted by Crippen LogP contribution is -2.36. The summed E-state index contributed by atoms with van der Waals surface area (Å²) in [6.45, 7) is 4.19. The summed E-state index contributed by atoms with van der Waals surface area (Å²) >= 11 is 0. The van der Waals surface area contributed by atoms with Gasteiger partial charge in [0.1, 0.15) is 5.82 Å². The number of fused-ring (bicyclic) bond motifs is 1. The van der Waals surface area contributed by atoms with Crippen LogP contribution < -0.4 is 5.73 Å². The Morgan fingerprint density at radius 1 is 1.25 bits per heavy atom. The molecule has 0 radical (unpaired) electrons. The lowest BCUT2D eigenvalue weighted by atomic mass is 10.0. The van der Waals surface area contributed by atoms with Gasteiger partial charge in [-0.15, -0.1) is 0 Å². The van der Waals surface area contributed by atoms with Crippen molar-refractivity contribution in [1.29, 1.82) is 0 Å². The van der Waals surface area contributed by atoms with Crippen molar-refractivity contribution in [3.63, 3.8) is 0 Å². The third-order valence-electron chi connectivity index (χ3n) is 3.87. The quantitative estimate of drug-likeness (QED) is 0.929. The van der Waals surface area contributed by atoms with Crippen molar-refractivity contribution in [3.8, 4) is 0 Å². The van der Waals surface area contributed by atoms with E-state index in [1.54, 1.807) is 11.1 Å². The molecular formula is C16H21N3O. The molecule has 2 rings (SSSR count). The van der Waals surface area contributed by atoms with Crippen molar-refractivity contribution in [2.24, 2.45) is 0 Å². The molecule has 0 aliphatic rings. The van der Waals surface area contributed by atoms with Gasteiger partial charge in [-0.3, -0.25) is 4.79 Å². The predicted molar refractivity (Wildman–Crippen MR) is 82.6 cm³/mol. The Balaban J connectivity index is 2.48. The first kappa shape index (κ1) is 14.3. The van der Waals surface area contributed by atoms with Crippen LogP contribution in [0.25, 0.3) is 10.8 Å². The molecule has 0 spiro atoms. The molecule has 0 atom stereocenters. The number of hydrogen-bond donors (Lipinski definition) is 1. The number of nitrogen functional groups attached to an aromatic ring is 1. The van der Waals surface area contributed by atoms with Gasteiger partial charge in [0.25, 0.3) is 5.91 Å². The van der Waals surface area contributed by atoms with E-state index in [9.17, 15) is 4.79 Å². The fourth-order valence-corrected chi connectivity index (χ4v) is 2.58. The minimum atomic E-state index is 0.00222. The summed E-state index contributed by atoms with van der Waals surface area (Å²) in [6.07, 6.45) is 3.47. The fourth-order valence-electron chi connectivity index (χ4n) is 2.58. The topological polar surface area (TPSA) is 59.2 Å². The van der Waals surface area contributed by atoms with Crippen LogP contribution in [-0.2, 0) is 0 Å². The van der Waals surface area contributed by atoms with Crippen molar-refractivity contribution in [2.45, 2.75) is 32.7 Å². The second-order valence-electron chi connectivity index (χ2n) is 4.99. The number of rotatable bonds is 4. The van der Waals surface area contributed by atoms with E-state index in [1.165, 1.54) is 0 Å². The number of carbonyl (C=O) groups excluding carboxylic acids is 1. The first-order valence-corrected chi connectivity index (χ1v) is 7.00.